The summed E-state index contributed by atoms with van der Waals surface area (Å²) in [4.78, 5) is 0. The van der Waals surface area contributed by atoms with E-state index >= 15 is 0 Å². The first kappa shape index (κ1) is 13.5. The van der Waals surface area contributed by atoms with Crippen LogP contribution >= 0.6 is 0 Å². The number of ether oxygens (including phenoxy) is 2. The molecule has 1 aliphatic carbocycles. The second-order valence-corrected chi connectivity index (χ2v) is 4.05. The lowest BCUT2D eigenvalue weighted by Crippen LogP contribution is -2.09. The molecule has 0 bridgehead atoms. The van der Waals surface area contributed by atoms with Gasteiger partial charge in [0.1, 0.15) is 22.8 Å². The zero-order chi connectivity index (χ0) is 13.9. The minimum Gasteiger partial charge on any atom is -0.497 e. The van der Waals surface area contributed by atoms with E-state index < -0.39 is 11.7 Å². The van der Waals surface area contributed by atoms with E-state index in [0.29, 0.717) is 5.76 Å². The smallest absolute Gasteiger partial charge is 0.420 e. The molecule has 5 heteroatoms. The molecule has 0 aromatic heterocycles. The van der Waals surface area contributed by atoms with E-state index in [9.17, 15) is 13.2 Å². The standard InChI is InChI=1S/C14H13F3O2/c1-18-11-7-8-13(12(9-11)14(15,16)17)19-10-5-3-2-4-6-10/h3,5-9H,2,4H2,1H3. The van der Waals surface area contributed by atoms with Crippen molar-refractivity contribution >= 4 is 0 Å². The van der Waals surface area contributed by atoms with Gasteiger partial charge in [0.05, 0.1) is 7.11 Å². The highest BCUT2D eigenvalue weighted by Gasteiger charge is 2.35. The molecule has 1 aromatic carbocycles. The first-order chi connectivity index (χ1) is 9.00. The fourth-order valence-corrected chi connectivity index (χ4v) is 1.74. The first-order valence-electron chi connectivity index (χ1n) is 5.80. The van der Waals surface area contributed by atoms with Crippen molar-refractivity contribution in [1.82, 2.24) is 0 Å². The lowest BCUT2D eigenvalue weighted by molar-refractivity contribution is -0.138. The molecule has 1 aromatic rings. The Morgan fingerprint density at radius 3 is 2.53 bits per heavy atom. The van der Waals surface area contributed by atoms with Gasteiger partial charge in [-0.3, -0.25) is 0 Å². The SMILES string of the molecule is COc1ccc(OC2=CCCC=C2)c(C(F)(F)F)c1. The molecule has 2 rings (SSSR count). The van der Waals surface area contributed by atoms with Gasteiger partial charge in [-0.2, -0.15) is 13.2 Å². The normalized spacial score (nSPS) is 15.1. The van der Waals surface area contributed by atoms with Crippen molar-refractivity contribution in [3.63, 3.8) is 0 Å². The predicted molar refractivity (Wildman–Crippen MR) is 65.1 cm³/mol. The molecule has 102 valence electrons. The van der Waals surface area contributed by atoms with Crippen LogP contribution in [-0.4, -0.2) is 7.11 Å². The fourth-order valence-electron chi connectivity index (χ4n) is 1.74. The maximum atomic E-state index is 12.9. The average molecular weight is 270 g/mol. The molecule has 0 saturated carbocycles. The number of benzene rings is 1. The molecular formula is C14H13F3O2. The van der Waals surface area contributed by atoms with Crippen molar-refractivity contribution in [3.05, 3.63) is 47.7 Å². The van der Waals surface area contributed by atoms with E-state index in [4.69, 9.17) is 9.47 Å². The van der Waals surface area contributed by atoms with Crippen molar-refractivity contribution in [2.24, 2.45) is 0 Å². The highest BCUT2D eigenvalue weighted by atomic mass is 19.4. The Morgan fingerprint density at radius 1 is 1.16 bits per heavy atom. The van der Waals surface area contributed by atoms with Crippen LogP contribution < -0.4 is 9.47 Å². The van der Waals surface area contributed by atoms with Crippen LogP contribution in [0.25, 0.3) is 0 Å². The summed E-state index contributed by atoms with van der Waals surface area (Å²) in [6.07, 6.45) is 2.47. The monoisotopic (exact) mass is 270 g/mol. The third-order valence-corrected chi connectivity index (χ3v) is 2.68. The minimum atomic E-state index is -4.48. The summed E-state index contributed by atoms with van der Waals surface area (Å²) in [5.74, 6) is 0.362. The summed E-state index contributed by atoms with van der Waals surface area (Å²) in [6, 6.07) is 3.64. The number of alkyl halides is 3. The van der Waals surface area contributed by atoms with Crippen LogP contribution in [0.3, 0.4) is 0 Å². The Labute approximate surface area is 109 Å². The molecule has 0 heterocycles. The molecule has 0 atom stereocenters. The zero-order valence-electron chi connectivity index (χ0n) is 10.3. The molecule has 0 N–H and O–H groups in total. The van der Waals surface area contributed by atoms with Crippen molar-refractivity contribution in [1.29, 1.82) is 0 Å². The van der Waals surface area contributed by atoms with Crippen molar-refractivity contribution in [2.45, 2.75) is 19.0 Å². The molecule has 19 heavy (non-hydrogen) atoms. The summed E-state index contributed by atoms with van der Waals surface area (Å²) in [5, 5.41) is 0. The molecule has 0 saturated heterocycles. The van der Waals surface area contributed by atoms with Gasteiger partial charge in [0.25, 0.3) is 0 Å². The van der Waals surface area contributed by atoms with Crippen LogP contribution in [0.15, 0.2) is 42.2 Å². The van der Waals surface area contributed by atoms with Gasteiger partial charge in [-0.05, 0) is 43.2 Å². The average Bonchev–Trinajstić information content (AvgIpc) is 2.39. The van der Waals surface area contributed by atoms with Crippen LogP contribution in [0.1, 0.15) is 18.4 Å². The molecule has 0 spiro atoms. The Balaban J connectivity index is 2.33. The third-order valence-electron chi connectivity index (χ3n) is 2.68. The number of allylic oxidation sites excluding steroid dienone is 3. The Kier molecular flexibility index (Phi) is 3.83. The second-order valence-electron chi connectivity index (χ2n) is 4.05. The first-order valence-corrected chi connectivity index (χ1v) is 5.80. The number of methoxy groups -OCH3 is 1. The Hall–Kier alpha value is -1.91. The Bertz CT molecular complexity index is 516. The number of rotatable bonds is 3. The zero-order valence-corrected chi connectivity index (χ0v) is 10.3. The summed E-state index contributed by atoms with van der Waals surface area (Å²) in [7, 11) is 1.32. The molecule has 1 aliphatic rings. The van der Waals surface area contributed by atoms with Gasteiger partial charge < -0.3 is 9.47 Å². The van der Waals surface area contributed by atoms with Gasteiger partial charge in [-0.25, -0.2) is 0 Å². The van der Waals surface area contributed by atoms with E-state index in [2.05, 4.69) is 0 Å². The molecular weight excluding hydrogens is 257 g/mol. The van der Waals surface area contributed by atoms with E-state index in [1.54, 1.807) is 12.2 Å². The summed E-state index contributed by atoms with van der Waals surface area (Å²) in [6.45, 7) is 0. The van der Waals surface area contributed by atoms with Gasteiger partial charge in [0, 0.05) is 0 Å². The van der Waals surface area contributed by atoms with Crippen LogP contribution in [-0.2, 0) is 6.18 Å². The highest BCUT2D eigenvalue weighted by Crippen LogP contribution is 2.39. The van der Waals surface area contributed by atoms with Gasteiger partial charge in [0.15, 0.2) is 0 Å². The molecule has 0 aliphatic heterocycles. The third kappa shape index (κ3) is 3.30. The van der Waals surface area contributed by atoms with Crippen molar-refractivity contribution < 1.29 is 22.6 Å². The molecule has 2 nitrogen and oxygen atoms in total. The van der Waals surface area contributed by atoms with Crippen LogP contribution in [0.2, 0.25) is 0 Å². The van der Waals surface area contributed by atoms with Gasteiger partial charge >= 0.3 is 6.18 Å². The minimum absolute atomic E-state index is 0.146. The van der Waals surface area contributed by atoms with Gasteiger partial charge in [-0.1, -0.05) is 6.08 Å². The summed E-state index contributed by atoms with van der Waals surface area (Å²) < 4.78 is 49.0. The van der Waals surface area contributed by atoms with E-state index in [1.807, 2.05) is 6.08 Å². The lowest BCUT2D eigenvalue weighted by Gasteiger charge is -2.16. The van der Waals surface area contributed by atoms with Crippen LogP contribution in [0.4, 0.5) is 13.2 Å². The molecule has 0 radical (unpaired) electrons. The summed E-state index contributed by atoms with van der Waals surface area (Å²) >= 11 is 0. The van der Waals surface area contributed by atoms with Gasteiger partial charge in [-0.15, -0.1) is 0 Å². The maximum absolute atomic E-state index is 12.9. The molecule has 0 amide bonds. The lowest BCUT2D eigenvalue weighted by atomic mass is 10.1. The number of hydrogen-bond donors (Lipinski definition) is 0. The van der Waals surface area contributed by atoms with Gasteiger partial charge in [0.2, 0.25) is 0 Å². The van der Waals surface area contributed by atoms with Crippen molar-refractivity contribution in [2.75, 3.05) is 7.11 Å². The number of halogens is 3. The molecule has 0 unspecified atom stereocenters. The van der Waals surface area contributed by atoms with E-state index in [-0.39, 0.29) is 11.5 Å². The second kappa shape index (κ2) is 5.38. The maximum Gasteiger partial charge on any atom is 0.420 e. The summed E-state index contributed by atoms with van der Waals surface area (Å²) in [5.41, 5.74) is -0.841. The van der Waals surface area contributed by atoms with Crippen LogP contribution in [0, 0.1) is 0 Å². The molecule has 0 fully saturated rings. The van der Waals surface area contributed by atoms with Crippen molar-refractivity contribution in [3.8, 4) is 11.5 Å². The van der Waals surface area contributed by atoms with Crippen LogP contribution in [0.5, 0.6) is 11.5 Å². The largest absolute Gasteiger partial charge is 0.497 e. The highest BCUT2D eigenvalue weighted by molar-refractivity contribution is 5.43. The number of hydrogen-bond acceptors (Lipinski definition) is 2. The van der Waals surface area contributed by atoms with E-state index in [1.165, 1.54) is 19.2 Å². The Morgan fingerprint density at radius 2 is 1.95 bits per heavy atom. The quantitative estimate of drug-likeness (QED) is 0.814. The van der Waals surface area contributed by atoms with E-state index in [0.717, 1.165) is 18.9 Å². The topological polar surface area (TPSA) is 18.5 Å². The predicted octanol–water partition coefficient (Wildman–Crippen LogP) is 4.33. The fraction of sp³-hybridized carbons (Fsp3) is 0.286.